The van der Waals surface area contributed by atoms with E-state index in [1.165, 1.54) is 4.90 Å². The fraction of sp³-hybridized carbons (Fsp3) is 0.571. The molecule has 2 aliphatic heterocycles. The second-order valence-corrected chi connectivity index (χ2v) is 7.75. The van der Waals surface area contributed by atoms with Crippen LogP contribution in [0.3, 0.4) is 0 Å². The van der Waals surface area contributed by atoms with Crippen molar-refractivity contribution in [1.82, 2.24) is 19.6 Å². The second kappa shape index (κ2) is 9.62. The standard InChI is InChI=1S/C21H30N4O4/c1-22(2)19(26)15-23-12-8-14-24(20(23)27)18-11-6-7-13-25(18)21(28)29-16-17-9-4-3-5-10-17/h3-5,9-10,18H,6-8,11-16H2,1-2H3. The Bertz CT molecular complexity index is 725. The molecule has 3 rings (SSSR count). The van der Waals surface area contributed by atoms with Gasteiger partial charge in [0.2, 0.25) is 5.91 Å². The monoisotopic (exact) mass is 402 g/mol. The first-order valence-electron chi connectivity index (χ1n) is 10.2. The summed E-state index contributed by atoms with van der Waals surface area (Å²) in [4.78, 5) is 44.3. The van der Waals surface area contributed by atoms with Crippen molar-refractivity contribution in [3.05, 3.63) is 35.9 Å². The average Bonchev–Trinajstić information content (AvgIpc) is 2.74. The summed E-state index contributed by atoms with van der Waals surface area (Å²) in [6.07, 6.45) is 2.62. The third-order valence-corrected chi connectivity index (χ3v) is 5.44. The quantitative estimate of drug-likeness (QED) is 0.758. The van der Waals surface area contributed by atoms with E-state index in [4.69, 9.17) is 4.74 Å². The molecule has 0 aliphatic carbocycles. The second-order valence-electron chi connectivity index (χ2n) is 7.75. The molecule has 2 saturated heterocycles. The molecule has 158 valence electrons. The SMILES string of the molecule is CN(C)C(=O)CN1CCCN(C2CCCCN2C(=O)OCc2ccccc2)C1=O. The van der Waals surface area contributed by atoms with Gasteiger partial charge in [0.1, 0.15) is 19.3 Å². The van der Waals surface area contributed by atoms with E-state index < -0.39 is 6.09 Å². The molecule has 8 heteroatoms. The first kappa shape index (κ1) is 21.0. The van der Waals surface area contributed by atoms with Gasteiger partial charge in [-0.3, -0.25) is 9.69 Å². The van der Waals surface area contributed by atoms with Crippen molar-refractivity contribution < 1.29 is 19.1 Å². The lowest BCUT2D eigenvalue weighted by Crippen LogP contribution is -2.61. The van der Waals surface area contributed by atoms with Crippen molar-refractivity contribution in [2.24, 2.45) is 0 Å². The van der Waals surface area contributed by atoms with E-state index in [0.717, 1.165) is 31.2 Å². The minimum absolute atomic E-state index is 0.0630. The van der Waals surface area contributed by atoms with Gasteiger partial charge < -0.3 is 19.4 Å². The lowest BCUT2D eigenvalue weighted by atomic mass is 10.1. The highest BCUT2D eigenvalue weighted by Gasteiger charge is 2.38. The summed E-state index contributed by atoms with van der Waals surface area (Å²) in [6, 6.07) is 9.37. The Morgan fingerprint density at radius 1 is 1.07 bits per heavy atom. The molecule has 29 heavy (non-hydrogen) atoms. The van der Waals surface area contributed by atoms with Crippen LogP contribution in [0.15, 0.2) is 30.3 Å². The van der Waals surface area contributed by atoms with Crippen LogP contribution in [0.2, 0.25) is 0 Å². The first-order valence-corrected chi connectivity index (χ1v) is 10.2. The maximum atomic E-state index is 13.0. The van der Waals surface area contributed by atoms with Crippen molar-refractivity contribution >= 4 is 18.0 Å². The Hall–Kier alpha value is -2.77. The van der Waals surface area contributed by atoms with Gasteiger partial charge in [0.15, 0.2) is 0 Å². The van der Waals surface area contributed by atoms with E-state index in [2.05, 4.69) is 0 Å². The van der Waals surface area contributed by atoms with Crippen LogP contribution in [0.1, 0.15) is 31.2 Å². The number of urea groups is 1. The van der Waals surface area contributed by atoms with Crippen molar-refractivity contribution in [3.8, 4) is 0 Å². The molecule has 8 nitrogen and oxygen atoms in total. The van der Waals surface area contributed by atoms with Crippen LogP contribution in [0, 0.1) is 0 Å². The number of hydrogen-bond donors (Lipinski definition) is 0. The number of carbonyl (C=O) groups excluding carboxylic acids is 3. The lowest BCUT2D eigenvalue weighted by Gasteiger charge is -2.45. The van der Waals surface area contributed by atoms with Gasteiger partial charge in [-0.2, -0.15) is 0 Å². The number of nitrogens with zero attached hydrogens (tertiary/aromatic N) is 4. The Balaban J connectivity index is 1.65. The number of rotatable bonds is 5. The zero-order valence-corrected chi connectivity index (χ0v) is 17.2. The van der Waals surface area contributed by atoms with Gasteiger partial charge in [-0.15, -0.1) is 0 Å². The van der Waals surface area contributed by atoms with E-state index in [9.17, 15) is 14.4 Å². The van der Waals surface area contributed by atoms with Crippen LogP contribution in [0.4, 0.5) is 9.59 Å². The van der Waals surface area contributed by atoms with Crippen molar-refractivity contribution in [2.75, 3.05) is 40.3 Å². The summed E-state index contributed by atoms with van der Waals surface area (Å²) in [7, 11) is 3.36. The van der Waals surface area contributed by atoms with Gasteiger partial charge in [-0.1, -0.05) is 30.3 Å². The summed E-state index contributed by atoms with van der Waals surface area (Å²) in [6.45, 7) is 1.98. The molecule has 4 amide bonds. The number of ether oxygens (including phenoxy) is 1. The Morgan fingerprint density at radius 3 is 2.55 bits per heavy atom. The van der Waals surface area contributed by atoms with E-state index in [1.807, 2.05) is 30.3 Å². The molecule has 0 N–H and O–H groups in total. The van der Waals surface area contributed by atoms with Crippen molar-refractivity contribution in [2.45, 2.75) is 38.5 Å². The molecule has 2 heterocycles. The predicted octanol–water partition coefficient (Wildman–Crippen LogP) is 2.35. The zero-order chi connectivity index (χ0) is 20.8. The molecular formula is C21H30N4O4. The third kappa shape index (κ3) is 5.19. The Labute approximate surface area is 172 Å². The molecule has 2 fully saturated rings. The van der Waals surface area contributed by atoms with Gasteiger partial charge in [-0.25, -0.2) is 9.59 Å². The molecule has 2 aliphatic rings. The molecule has 0 saturated carbocycles. The lowest BCUT2D eigenvalue weighted by molar-refractivity contribution is -0.129. The minimum atomic E-state index is -0.396. The van der Waals surface area contributed by atoms with Gasteiger partial charge >= 0.3 is 12.1 Å². The molecule has 1 aromatic carbocycles. The molecular weight excluding hydrogens is 372 g/mol. The van der Waals surface area contributed by atoms with Crippen LogP contribution in [0.25, 0.3) is 0 Å². The van der Waals surface area contributed by atoms with E-state index in [1.54, 1.807) is 28.8 Å². The number of carbonyl (C=O) groups is 3. The van der Waals surface area contributed by atoms with Crippen LogP contribution in [-0.2, 0) is 16.1 Å². The topological polar surface area (TPSA) is 73.4 Å². The van der Waals surface area contributed by atoms with Gasteiger partial charge in [0.05, 0.1) is 0 Å². The van der Waals surface area contributed by atoms with Gasteiger partial charge in [0, 0.05) is 33.7 Å². The van der Waals surface area contributed by atoms with E-state index in [0.29, 0.717) is 19.6 Å². The highest BCUT2D eigenvalue weighted by molar-refractivity contribution is 5.84. The fourth-order valence-electron chi connectivity index (χ4n) is 3.79. The normalized spacial score (nSPS) is 19.9. The number of hydrogen-bond acceptors (Lipinski definition) is 4. The average molecular weight is 402 g/mol. The van der Waals surface area contributed by atoms with E-state index >= 15 is 0 Å². The fourth-order valence-corrected chi connectivity index (χ4v) is 3.79. The van der Waals surface area contributed by atoms with Gasteiger partial charge in [0.25, 0.3) is 0 Å². The summed E-state index contributed by atoms with van der Waals surface area (Å²) >= 11 is 0. The molecule has 0 bridgehead atoms. The zero-order valence-electron chi connectivity index (χ0n) is 17.2. The maximum absolute atomic E-state index is 13.0. The van der Waals surface area contributed by atoms with Gasteiger partial charge in [-0.05, 0) is 31.2 Å². The predicted molar refractivity (Wildman–Crippen MR) is 108 cm³/mol. The number of piperidine rings is 1. The Kier molecular flexibility index (Phi) is 6.95. The van der Waals surface area contributed by atoms with Crippen molar-refractivity contribution in [1.29, 1.82) is 0 Å². The first-order chi connectivity index (χ1) is 14.0. The van der Waals surface area contributed by atoms with Crippen LogP contribution < -0.4 is 0 Å². The molecule has 1 aromatic rings. The summed E-state index contributed by atoms with van der Waals surface area (Å²) in [5.41, 5.74) is 0.928. The summed E-state index contributed by atoms with van der Waals surface area (Å²) in [5, 5.41) is 0. The minimum Gasteiger partial charge on any atom is -0.444 e. The number of amides is 4. The summed E-state index contributed by atoms with van der Waals surface area (Å²) in [5.74, 6) is -0.108. The number of benzene rings is 1. The molecule has 0 spiro atoms. The molecule has 1 atom stereocenters. The van der Waals surface area contributed by atoms with Crippen LogP contribution >= 0.6 is 0 Å². The highest BCUT2D eigenvalue weighted by Crippen LogP contribution is 2.25. The highest BCUT2D eigenvalue weighted by atomic mass is 16.6. The van der Waals surface area contributed by atoms with Crippen molar-refractivity contribution in [3.63, 3.8) is 0 Å². The molecule has 1 unspecified atom stereocenters. The van der Waals surface area contributed by atoms with Crippen LogP contribution in [-0.4, -0.2) is 84.1 Å². The largest absolute Gasteiger partial charge is 0.444 e. The molecule has 0 aromatic heterocycles. The molecule has 0 radical (unpaired) electrons. The maximum Gasteiger partial charge on any atom is 0.411 e. The Morgan fingerprint density at radius 2 is 1.83 bits per heavy atom. The number of likely N-dealkylation sites (tertiary alicyclic amines) is 1. The summed E-state index contributed by atoms with van der Waals surface area (Å²) < 4.78 is 5.52. The number of likely N-dealkylation sites (N-methyl/N-ethyl adjacent to an activating group) is 1. The van der Waals surface area contributed by atoms with E-state index in [-0.39, 0.29) is 31.3 Å². The van der Waals surface area contributed by atoms with Crippen LogP contribution in [0.5, 0.6) is 0 Å². The third-order valence-electron chi connectivity index (χ3n) is 5.44. The smallest absolute Gasteiger partial charge is 0.411 e.